The summed E-state index contributed by atoms with van der Waals surface area (Å²) in [6.07, 6.45) is 0. The summed E-state index contributed by atoms with van der Waals surface area (Å²) in [5.41, 5.74) is 2.30. The van der Waals surface area contributed by atoms with Crippen LogP contribution in [0.15, 0.2) is 47.5 Å². The predicted octanol–water partition coefficient (Wildman–Crippen LogP) is 2.93. The van der Waals surface area contributed by atoms with Crippen LogP contribution in [0.4, 0.5) is 5.69 Å². The van der Waals surface area contributed by atoms with Gasteiger partial charge >= 0.3 is 0 Å². The molecule has 0 saturated carbocycles. The Hall–Kier alpha value is -2.52. The first-order valence-electron chi connectivity index (χ1n) is 9.39. The lowest BCUT2D eigenvalue weighted by atomic mass is 10.1. The van der Waals surface area contributed by atoms with Crippen LogP contribution in [0.25, 0.3) is 0 Å². The van der Waals surface area contributed by atoms with Crippen LogP contribution in [0.1, 0.15) is 15.9 Å². The molecule has 0 bridgehead atoms. The first-order valence-corrected chi connectivity index (χ1v) is 12.1. The molecule has 2 aromatic carbocycles. The predicted molar refractivity (Wildman–Crippen MR) is 119 cm³/mol. The van der Waals surface area contributed by atoms with Gasteiger partial charge in [0.15, 0.2) is 26.5 Å². The number of benzene rings is 2. The molecular formula is C21H22N2O5S2. The lowest BCUT2D eigenvalue weighted by Crippen LogP contribution is -2.37. The van der Waals surface area contributed by atoms with Crippen molar-refractivity contribution >= 4 is 38.4 Å². The number of hydrogen-bond acceptors (Lipinski definition) is 6. The normalized spacial score (nSPS) is 23.4. The van der Waals surface area contributed by atoms with Gasteiger partial charge in [-0.15, -0.1) is 0 Å². The van der Waals surface area contributed by atoms with Gasteiger partial charge in [0.05, 0.1) is 31.8 Å². The molecule has 2 saturated heterocycles. The van der Waals surface area contributed by atoms with Crippen molar-refractivity contribution in [2.45, 2.75) is 18.2 Å². The van der Waals surface area contributed by atoms with E-state index in [1.165, 1.54) is 26.0 Å². The molecule has 2 fully saturated rings. The second-order valence-electron chi connectivity index (χ2n) is 7.28. The first-order chi connectivity index (χ1) is 14.3. The molecule has 4 rings (SSSR count). The van der Waals surface area contributed by atoms with Crippen molar-refractivity contribution in [2.75, 3.05) is 30.6 Å². The topological polar surface area (TPSA) is 85.3 Å². The maximum absolute atomic E-state index is 12.9. The molecule has 7 nitrogen and oxygen atoms in total. The van der Waals surface area contributed by atoms with E-state index in [-0.39, 0.29) is 22.8 Å². The van der Waals surface area contributed by atoms with Crippen molar-refractivity contribution in [2.24, 2.45) is 4.99 Å². The summed E-state index contributed by atoms with van der Waals surface area (Å²) < 4.78 is 34.9. The largest absolute Gasteiger partial charge is 0.493 e. The molecule has 0 N–H and O–H groups in total. The SMILES string of the molecule is COc1ccc(C(=O)N=C2SC3CS(=O)(=O)CC3N2c2ccc(C)cc2)cc1OC. The Balaban J connectivity index is 1.70. The molecular weight excluding hydrogens is 424 g/mol. The number of nitrogens with zero attached hydrogens (tertiary/aromatic N) is 2. The fourth-order valence-corrected chi connectivity index (χ4v) is 7.60. The fourth-order valence-electron chi connectivity index (χ4n) is 3.69. The molecule has 2 aromatic rings. The Bertz CT molecular complexity index is 1110. The van der Waals surface area contributed by atoms with Gasteiger partial charge in [0.2, 0.25) is 0 Å². The summed E-state index contributed by atoms with van der Waals surface area (Å²) in [5, 5.41) is 0.372. The van der Waals surface area contributed by atoms with Crippen molar-refractivity contribution in [3.8, 4) is 11.5 Å². The van der Waals surface area contributed by atoms with E-state index >= 15 is 0 Å². The van der Waals surface area contributed by atoms with Gasteiger partial charge in [0.1, 0.15) is 0 Å². The summed E-state index contributed by atoms with van der Waals surface area (Å²) in [4.78, 5) is 19.2. The molecule has 2 unspecified atom stereocenters. The minimum atomic E-state index is -3.11. The number of aliphatic imine (C=N–C) groups is 1. The van der Waals surface area contributed by atoms with Crippen molar-refractivity contribution in [1.82, 2.24) is 0 Å². The number of carbonyl (C=O) groups excluding carboxylic acids is 1. The Labute approximate surface area is 180 Å². The Morgan fingerprint density at radius 3 is 2.43 bits per heavy atom. The molecule has 1 amide bonds. The third kappa shape index (κ3) is 3.91. The number of rotatable bonds is 4. The monoisotopic (exact) mass is 446 g/mol. The van der Waals surface area contributed by atoms with E-state index in [0.29, 0.717) is 22.2 Å². The zero-order chi connectivity index (χ0) is 21.5. The van der Waals surface area contributed by atoms with Gasteiger partial charge in [-0.2, -0.15) is 4.99 Å². The van der Waals surface area contributed by atoms with Crippen molar-refractivity contribution in [3.05, 3.63) is 53.6 Å². The van der Waals surface area contributed by atoms with Crippen molar-refractivity contribution in [1.29, 1.82) is 0 Å². The fraction of sp³-hybridized carbons (Fsp3) is 0.333. The number of amides is 1. The molecule has 9 heteroatoms. The number of aryl methyl sites for hydroxylation is 1. The number of ether oxygens (including phenoxy) is 2. The summed E-state index contributed by atoms with van der Waals surface area (Å²) >= 11 is 1.35. The first kappa shape index (κ1) is 20.7. The highest BCUT2D eigenvalue weighted by Gasteiger charge is 2.49. The third-order valence-electron chi connectivity index (χ3n) is 5.21. The van der Waals surface area contributed by atoms with Gasteiger partial charge in [0.25, 0.3) is 5.91 Å². The number of sulfone groups is 1. The molecule has 2 aliphatic rings. The maximum atomic E-state index is 12.9. The molecule has 2 atom stereocenters. The molecule has 0 aromatic heterocycles. The lowest BCUT2D eigenvalue weighted by Gasteiger charge is -2.24. The van der Waals surface area contributed by atoms with Crippen LogP contribution in [0.2, 0.25) is 0 Å². The third-order valence-corrected chi connectivity index (χ3v) is 8.42. The van der Waals surface area contributed by atoms with Crippen LogP contribution in [0.3, 0.4) is 0 Å². The van der Waals surface area contributed by atoms with E-state index in [0.717, 1.165) is 11.3 Å². The zero-order valence-corrected chi connectivity index (χ0v) is 18.5. The van der Waals surface area contributed by atoms with Crippen LogP contribution in [-0.4, -0.2) is 56.5 Å². The second kappa shape index (κ2) is 7.96. The number of hydrogen-bond donors (Lipinski definition) is 0. The average Bonchev–Trinajstić information content (AvgIpc) is 3.18. The Kier molecular flexibility index (Phi) is 5.50. The minimum absolute atomic E-state index is 0.0577. The number of anilines is 1. The summed E-state index contributed by atoms with van der Waals surface area (Å²) in [5.74, 6) is 0.702. The molecule has 30 heavy (non-hydrogen) atoms. The van der Waals surface area contributed by atoms with Gasteiger partial charge in [-0.3, -0.25) is 4.79 Å². The zero-order valence-electron chi connectivity index (χ0n) is 16.9. The van der Waals surface area contributed by atoms with E-state index in [2.05, 4.69) is 4.99 Å². The Morgan fingerprint density at radius 1 is 1.07 bits per heavy atom. The number of thioether (sulfide) groups is 1. The quantitative estimate of drug-likeness (QED) is 0.714. The number of methoxy groups -OCH3 is 2. The van der Waals surface area contributed by atoms with E-state index < -0.39 is 15.7 Å². The van der Waals surface area contributed by atoms with E-state index in [4.69, 9.17) is 9.47 Å². The highest BCUT2D eigenvalue weighted by molar-refractivity contribution is 8.16. The highest BCUT2D eigenvalue weighted by atomic mass is 32.2. The summed E-state index contributed by atoms with van der Waals surface area (Å²) in [6, 6.07) is 12.4. The van der Waals surface area contributed by atoms with Gasteiger partial charge in [-0.25, -0.2) is 8.42 Å². The van der Waals surface area contributed by atoms with Crippen molar-refractivity contribution < 1.29 is 22.7 Å². The van der Waals surface area contributed by atoms with Crippen LogP contribution < -0.4 is 14.4 Å². The number of amidine groups is 1. The van der Waals surface area contributed by atoms with Crippen LogP contribution >= 0.6 is 11.8 Å². The molecule has 2 heterocycles. The number of fused-ring (bicyclic) bond motifs is 1. The van der Waals surface area contributed by atoms with E-state index in [1.54, 1.807) is 18.2 Å². The Morgan fingerprint density at radius 2 is 1.77 bits per heavy atom. The van der Waals surface area contributed by atoms with Gasteiger partial charge in [-0.1, -0.05) is 29.5 Å². The molecule has 0 aliphatic carbocycles. The van der Waals surface area contributed by atoms with Crippen molar-refractivity contribution in [3.63, 3.8) is 0 Å². The minimum Gasteiger partial charge on any atom is -0.493 e. The van der Waals surface area contributed by atoms with E-state index in [1.807, 2.05) is 36.1 Å². The highest BCUT2D eigenvalue weighted by Crippen LogP contribution is 2.41. The molecule has 0 spiro atoms. The van der Waals surface area contributed by atoms with Crippen LogP contribution in [0, 0.1) is 6.92 Å². The van der Waals surface area contributed by atoms with Crippen LogP contribution in [0.5, 0.6) is 11.5 Å². The maximum Gasteiger partial charge on any atom is 0.279 e. The second-order valence-corrected chi connectivity index (χ2v) is 10.6. The van der Waals surface area contributed by atoms with Gasteiger partial charge < -0.3 is 14.4 Å². The lowest BCUT2D eigenvalue weighted by molar-refractivity contribution is 0.100. The molecule has 0 radical (unpaired) electrons. The van der Waals surface area contributed by atoms with Gasteiger partial charge in [0, 0.05) is 16.5 Å². The summed E-state index contributed by atoms with van der Waals surface area (Å²) in [6.45, 7) is 1.99. The number of carbonyl (C=O) groups is 1. The standard InChI is InChI=1S/C21H22N2O5S2/c1-13-4-7-15(8-5-13)23-16-11-30(25,26)12-19(16)29-21(23)22-20(24)14-6-9-17(27-2)18(10-14)28-3/h4-10,16,19H,11-12H2,1-3H3. The summed E-state index contributed by atoms with van der Waals surface area (Å²) in [7, 11) is -0.0739. The molecule has 2 aliphatic heterocycles. The van der Waals surface area contributed by atoms with Gasteiger partial charge in [-0.05, 0) is 37.3 Å². The molecule has 158 valence electrons. The van der Waals surface area contributed by atoms with Crippen LogP contribution in [-0.2, 0) is 9.84 Å². The smallest absolute Gasteiger partial charge is 0.279 e. The van der Waals surface area contributed by atoms with E-state index in [9.17, 15) is 13.2 Å². The average molecular weight is 447 g/mol.